The van der Waals surface area contributed by atoms with E-state index in [9.17, 15) is 0 Å². The Morgan fingerprint density at radius 2 is 1.68 bits per heavy atom. The molecule has 0 amide bonds. The highest BCUT2D eigenvalue weighted by atomic mass is 16.5. The van der Waals surface area contributed by atoms with Crippen molar-refractivity contribution >= 4 is 0 Å². The van der Waals surface area contributed by atoms with Crippen LogP contribution in [0.2, 0.25) is 0 Å². The van der Waals surface area contributed by atoms with E-state index in [4.69, 9.17) is 9.47 Å². The van der Waals surface area contributed by atoms with Gasteiger partial charge in [0.2, 0.25) is 0 Å². The van der Waals surface area contributed by atoms with E-state index in [0.717, 1.165) is 12.5 Å². The first-order chi connectivity index (χ1) is 9.38. The zero-order valence-electron chi connectivity index (χ0n) is 12.3. The predicted molar refractivity (Wildman–Crippen MR) is 78.8 cm³/mol. The fraction of sp³-hybridized carbons (Fsp3) is 0.882. The second-order valence-electron chi connectivity index (χ2n) is 6.12. The summed E-state index contributed by atoms with van der Waals surface area (Å²) in [6.45, 7) is 5.38. The molecule has 110 valence electrons. The topological polar surface area (TPSA) is 18.5 Å². The monoisotopic (exact) mass is 266 g/mol. The van der Waals surface area contributed by atoms with E-state index in [1.165, 1.54) is 64.2 Å². The van der Waals surface area contributed by atoms with Crippen LogP contribution in [0.25, 0.3) is 0 Å². The Morgan fingerprint density at radius 3 is 2.58 bits per heavy atom. The second-order valence-corrected chi connectivity index (χ2v) is 6.12. The summed E-state index contributed by atoms with van der Waals surface area (Å²) >= 11 is 0. The van der Waals surface area contributed by atoms with Gasteiger partial charge in [-0.15, -0.1) is 0 Å². The van der Waals surface area contributed by atoms with Gasteiger partial charge in [0.15, 0.2) is 0 Å². The van der Waals surface area contributed by atoms with Gasteiger partial charge < -0.3 is 9.47 Å². The molecule has 2 radical (unpaired) electrons. The van der Waals surface area contributed by atoms with Crippen molar-refractivity contribution in [3.63, 3.8) is 0 Å². The van der Waals surface area contributed by atoms with Gasteiger partial charge in [-0.2, -0.15) is 0 Å². The molecule has 3 atom stereocenters. The van der Waals surface area contributed by atoms with Crippen LogP contribution in [-0.4, -0.2) is 25.4 Å². The van der Waals surface area contributed by atoms with Crippen molar-refractivity contribution < 1.29 is 9.47 Å². The molecule has 2 aliphatic rings. The van der Waals surface area contributed by atoms with E-state index in [2.05, 4.69) is 13.3 Å². The molecule has 0 aliphatic heterocycles. The van der Waals surface area contributed by atoms with Gasteiger partial charge in [0, 0.05) is 13.2 Å². The Hall–Kier alpha value is -0.0800. The van der Waals surface area contributed by atoms with Crippen LogP contribution >= 0.6 is 0 Å². The maximum absolute atomic E-state index is 6.18. The quantitative estimate of drug-likeness (QED) is 0.689. The van der Waals surface area contributed by atoms with Crippen molar-refractivity contribution in [1.82, 2.24) is 0 Å². The van der Waals surface area contributed by atoms with Gasteiger partial charge in [-0.1, -0.05) is 19.3 Å². The summed E-state index contributed by atoms with van der Waals surface area (Å²) < 4.78 is 11.8. The average Bonchev–Trinajstić information content (AvgIpc) is 2.80. The van der Waals surface area contributed by atoms with Crippen molar-refractivity contribution in [3.05, 3.63) is 13.3 Å². The van der Waals surface area contributed by atoms with Gasteiger partial charge in [-0.05, 0) is 64.2 Å². The highest BCUT2D eigenvalue weighted by Crippen LogP contribution is 2.27. The number of ether oxygens (including phenoxy) is 2. The molecule has 0 aromatic heterocycles. The van der Waals surface area contributed by atoms with Crippen LogP contribution in [0.3, 0.4) is 0 Å². The van der Waals surface area contributed by atoms with Gasteiger partial charge in [0.05, 0.1) is 12.2 Å². The fourth-order valence-corrected chi connectivity index (χ4v) is 3.37. The van der Waals surface area contributed by atoms with Crippen molar-refractivity contribution in [2.45, 2.75) is 76.4 Å². The van der Waals surface area contributed by atoms with E-state index < -0.39 is 0 Å². The Morgan fingerprint density at radius 1 is 0.842 bits per heavy atom. The molecular weight excluding hydrogens is 236 g/mol. The lowest BCUT2D eigenvalue weighted by Crippen LogP contribution is -2.18. The summed E-state index contributed by atoms with van der Waals surface area (Å²) in [7, 11) is 0. The molecule has 2 rings (SSSR count). The molecular formula is C17H30O2. The summed E-state index contributed by atoms with van der Waals surface area (Å²) in [6.07, 6.45) is 16.0. The minimum Gasteiger partial charge on any atom is -0.378 e. The molecule has 2 aliphatic carbocycles. The maximum atomic E-state index is 6.18. The van der Waals surface area contributed by atoms with Crippen LogP contribution in [0.1, 0.15) is 64.2 Å². The zero-order valence-corrected chi connectivity index (χ0v) is 12.3. The van der Waals surface area contributed by atoms with Crippen LogP contribution in [0.5, 0.6) is 0 Å². The number of rotatable bonds is 5. The fourth-order valence-electron chi connectivity index (χ4n) is 3.37. The summed E-state index contributed by atoms with van der Waals surface area (Å²) in [5, 5.41) is 0. The smallest absolute Gasteiger partial charge is 0.0575 e. The zero-order chi connectivity index (χ0) is 13.3. The summed E-state index contributed by atoms with van der Waals surface area (Å²) in [5.41, 5.74) is 0. The van der Waals surface area contributed by atoms with Crippen LogP contribution < -0.4 is 0 Å². The molecule has 2 nitrogen and oxygen atoms in total. The van der Waals surface area contributed by atoms with Gasteiger partial charge in [-0.25, -0.2) is 0 Å². The Balaban J connectivity index is 1.64. The third kappa shape index (κ3) is 5.83. The van der Waals surface area contributed by atoms with Crippen LogP contribution in [-0.2, 0) is 9.47 Å². The van der Waals surface area contributed by atoms with Gasteiger partial charge in [-0.3, -0.25) is 0 Å². The van der Waals surface area contributed by atoms with Crippen molar-refractivity contribution in [3.8, 4) is 0 Å². The van der Waals surface area contributed by atoms with Gasteiger partial charge >= 0.3 is 0 Å². The van der Waals surface area contributed by atoms with Crippen molar-refractivity contribution in [1.29, 1.82) is 0 Å². The molecule has 2 heteroatoms. The third-order valence-corrected chi connectivity index (χ3v) is 4.58. The van der Waals surface area contributed by atoms with E-state index in [-0.39, 0.29) is 0 Å². The Bertz CT molecular complexity index is 221. The first kappa shape index (κ1) is 15.3. The van der Waals surface area contributed by atoms with E-state index >= 15 is 0 Å². The minimum atomic E-state index is 0.454. The highest BCUT2D eigenvalue weighted by molar-refractivity contribution is 4.76. The SMILES string of the molecule is [CH2]COC1CCCC(COC2CC[CH]CCC2)CC1. The first-order valence-corrected chi connectivity index (χ1v) is 8.22. The lowest BCUT2D eigenvalue weighted by Gasteiger charge is -2.20. The molecule has 0 aromatic carbocycles. The average molecular weight is 266 g/mol. The molecule has 2 fully saturated rings. The molecule has 19 heavy (non-hydrogen) atoms. The van der Waals surface area contributed by atoms with Crippen LogP contribution in [0, 0.1) is 19.3 Å². The lowest BCUT2D eigenvalue weighted by molar-refractivity contribution is 0.0156. The molecule has 0 spiro atoms. The van der Waals surface area contributed by atoms with Crippen LogP contribution in [0.15, 0.2) is 0 Å². The first-order valence-electron chi connectivity index (χ1n) is 8.22. The number of hydrogen-bond donors (Lipinski definition) is 0. The van der Waals surface area contributed by atoms with Crippen molar-refractivity contribution in [2.75, 3.05) is 13.2 Å². The molecule has 0 saturated heterocycles. The Kier molecular flexibility index (Phi) is 7.23. The summed E-state index contributed by atoms with van der Waals surface area (Å²) in [5.74, 6) is 0.755. The Labute approximate surface area is 119 Å². The minimum absolute atomic E-state index is 0.454. The van der Waals surface area contributed by atoms with E-state index in [0.29, 0.717) is 18.8 Å². The third-order valence-electron chi connectivity index (χ3n) is 4.58. The van der Waals surface area contributed by atoms with Crippen molar-refractivity contribution in [2.24, 2.45) is 5.92 Å². The van der Waals surface area contributed by atoms with Crippen LogP contribution in [0.4, 0.5) is 0 Å². The predicted octanol–water partition coefficient (Wildman–Crippen LogP) is 4.34. The molecule has 3 unspecified atom stereocenters. The molecule has 0 N–H and O–H groups in total. The van der Waals surface area contributed by atoms with E-state index in [1.807, 2.05) is 0 Å². The molecule has 0 bridgehead atoms. The number of hydrogen-bond acceptors (Lipinski definition) is 2. The van der Waals surface area contributed by atoms with E-state index in [1.54, 1.807) is 0 Å². The van der Waals surface area contributed by atoms with Gasteiger partial charge in [0.1, 0.15) is 0 Å². The summed E-state index contributed by atoms with van der Waals surface area (Å²) in [6, 6.07) is 0. The maximum Gasteiger partial charge on any atom is 0.0575 e. The summed E-state index contributed by atoms with van der Waals surface area (Å²) in [4.78, 5) is 0. The van der Waals surface area contributed by atoms with Gasteiger partial charge in [0.25, 0.3) is 0 Å². The molecule has 0 heterocycles. The molecule has 2 saturated carbocycles. The second kappa shape index (κ2) is 8.97. The largest absolute Gasteiger partial charge is 0.378 e. The highest BCUT2D eigenvalue weighted by Gasteiger charge is 2.21. The normalized spacial score (nSPS) is 30.8. The lowest BCUT2D eigenvalue weighted by atomic mass is 10.0. The standard InChI is InChI=1S/C17H30O2/c1-2-18-17-11-7-8-15(12-13-17)14-19-16-9-5-3-4-6-10-16/h3,15-17H,1-2,4-14H2. The molecule has 0 aromatic rings.